The minimum atomic E-state index is -0.473. The van der Waals surface area contributed by atoms with E-state index in [1.54, 1.807) is 12.1 Å². The van der Waals surface area contributed by atoms with Crippen LogP contribution in [0.15, 0.2) is 23.0 Å². The molecule has 3 atom stereocenters. The molecule has 3 fully saturated rings. The first-order valence-electron chi connectivity index (χ1n) is 11.9. The van der Waals surface area contributed by atoms with Gasteiger partial charge >= 0.3 is 5.69 Å². The summed E-state index contributed by atoms with van der Waals surface area (Å²) in [6, 6.07) is 6.73. The van der Waals surface area contributed by atoms with E-state index in [0.717, 1.165) is 43.0 Å². The Hall–Kier alpha value is -2.08. The zero-order valence-corrected chi connectivity index (χ0v) is 17.7. The van der Waals surface area contributed by atoms with Gasteiger partial charge in [0, 0.05) is 23.7 Å². The number of H-pyrrole nitrogens is 1. The van der Waals surface area contributed by atoms with Crippen LogP contribution in [0.5, 0.6) is 0 Å². The molecule has 0 saturated heterocycles. The van der Waals surface area contributed by atoms with Gasteiger partial charge in [0.05, 0.1) is 11.0 Å². The van der Waals surface area contributed by atoms with E-state index in [1.165, 1.54) is 44.9 Å². The molecule has 0 radical (unpaired) electrons. The minimum absolute atomic E-state index is 0.0846. The highest BCUT2D eigenvalue weighted by Gasteiger charge is 2.34. The zero-order valence-electron chi connectivity index (χ0n) is 17.7. The molecule has 6 nitrogen and oxygen atoms in total. The van der Waals surface area contributed by atoms with Crippen molar-refractivity contribution in [3.05, 3.63) is 34.2 Å². The smallest absolute Gasteiger partial charge is 0.326 e. The SMILES string of the molecule is NC(=O)c1ccc2c(c1)[nH]c(=O)n2C1CCC(NC2CCC3CCCCC3C2)CC1. The van der Waals surface area contributed by atoms with Gasteiger partial charge in [-0.25, -0.2) is 4.79 Å². The van der Waals surface area contributed by atoms with Gasteiger partial charge in [-0.1, -0.05) is 25.7 Å². The van der Waals surface area contributed by atoms with E-state index in [9.17, 15) is 9.59 Å². The maximum Gasteiger partial charge on any atom is 0.326 e. The number of nitrogens with one attached hydrogen (secondary N) is 2. The third-order valence-corrected chi connectivity index (χ3v) is 8.07. The molecule has 1 amide bonds. The van der Waals surface area contributed by atoms with E-state index in [4.69, 9.17) is 5.73 Å². The molecule has 30 heavy (non-hydrogen) atoms. The fourth-order valence-electron chi connectivity index (χ4n) is 6.51. The fourth-order valence-corrected chi connectivity index (χ4v) is 6.51. The zero-order chi connectivity index (χ0) is 20.7. The van der Waals surface area contributed by atoms with Crippen LogP contribution in [-0.2, 0) is 0 Å². The van der Waals surface area contributed by atoms with Crippen molar-refractivity contribution in [2.24, 2.45) is 17.6 Å². The van der Waals surface area contributed by atoms with Crippen LogP contribution in [0.4, 0.5) is 0 Å². The molecule has 162 valence electrons. The second kappa shape index (κ2) is 8.22. The Morgan fingerprint density at radius 3 is 2.47 bits per heavy atom. The van der Waals surface area contributed by atoms with Gasteiger partial charge in [-0.15, -0.1) is 0 Å². The third kappa shape index (κ3) is 3.82. The summed E-state index contributed by atoms with van der Waals surface area (Å²) in [5, 5.41) is 3.98. The van der Waals surface area contributed by atoms with Gasteiger partial charge in [-0.2, -0.15) is 0 Å². The number of hydrogen-bond donors (Lipinski definition) is 3. The number of aromatic amines is 1. The average molecular weight is 411 g/mol. The molecule has 1 aromatic carbocycles. The van der Waals surface area contributed by atoms with Gasteiger partial charge in [-0.3, -0.25) is 9.36 Å². The van der Waals surface area contributed by atoms with Crippen molar-refractivity contribution in [1.82, 2.24) is 14.9 Å². The Labute approximate surface area is 177 Å². The lowest BCUT2D eigenvalue weighted by atomic mass is 9.69. The lowest BCUT2D eigenvalue weighted by molar-refractivity contribution is 0.100. The van der Waals surface area contributed by atoms with Crippen LogP contribution in [0.25, 0.3) is 11.0 Å². The number of fused-ring (bicyclic) bond motifs is 2. The van der Waals surface area contributed by atoms with Crippen molar-refractivity contribution in [3.63, 3.8) is 0 Å². The van der Waals surface area contributed by atoms with Gasteiger partial charge < -0.3 is 16.0 Å². The number of imidazole rings is 1. The standard InChI is InChI=1S/C24H34N4O2/c25-23(29)17-6-12-22-21(14-17)27-24(30)28(22)20-10-8-18(9-11-20)26-19-7-5-15-3-1-2-4-16(15)13-19/h6,12,14-16,18-20,26H,1-5,7-11,13H2,(H2,25,29)(H,27,30). The Morgan fingerprint density at radius 2 is 1.70 bits per heavy atom. The summed E-state index contributed by atoms with van der Waals surface area (Å²) in [6.45, 7) is 0. The quantitative estimate of drug-likeness (QED) is 0.714. The van der Waals surface area contributed by atoms with Crippen LogP contribution in [0, 0.1) is 11.8 Å². The second-order valence-electron chi connectivity index (χ2n) is 9.88. The monoisotopic (exact) mass is 410 g/mol. The van der Waals surface area contributed by atoms with E-state index in [0.29, 0.717) is 23.2 Å². The normalized spacial score (nSPS) is 32.1. The summed E-state index contributed by atoms with van der Waals surface area (Å²) in [5.74, 6) is 1.48. The predicted molar refractivity (Wildman–Crippen MR) is 119 cm³/mol. The molecule has 2 aromatic rings. The summed E-state index contributed by atoms with van der Waals surface area (Å²) >= 11 is 0. The van der Waals surface area contributed by atoms with Crippen LogP contribution >= 0.6 is 0 Å². The van der Waals surface area contributed by atoms with Gasteiger partial charge in [0.15, 0.2) is 0 Å². The number of rotatable bonds is 4. The highest BCUT2D eigenvalue weighted by molar-refractivity contribution is 5.96. The summed E-state index contributed by atoms with van der Waals surface area (Å²) in [6.07, 6.45) is 14.2. The van der Waals surface area contributed by atoms with Crippen molar-refractivity contribution in [2.45, 2.75) is 88.8 Å². The van der Waals surface area contributed by atoms with E-state index < -0.39 is 5.91 Å². The average Bonchev–Trinajstić information content (AvgIpc) is 3.09. The molecule has 4 N–H and O–H groups in total. The third-order valence-electron chi connectivity index (χ3n) is 8.07. The van der Waals surface area contributed by atoms with Crippen LogP contribution in [-0.4, -0.2) is 27.5 Å². The molecule has 3 saturated carbocycles. The number of carbonyl (C=O) groups excluding carboxylic acids is 1. The minimum Gasteiger partial charge on any atom is -0.366 e. The molecule has 0 bridgehead atoms. The molecular weight excluding hydrogens is 376 g/mol. The summed E-state index contributed by atoms with van der Waals surface area (Å²) in [5.41, 5.74) is 7.29. The Balaban J connectivity index is 1.21. The number of benzene rings is 1. The first-order chi connectivity index (χ1) is 14.6. The van der Waals surface area contributed by atoms with Crippen LogP contribution in [0.3, 0.4) is 0 Å². The number of hydrogen-bond acceptors (Lipinski definition) is 3. The molecule has 1 aromatic heterocycles. The van der Waals surface area contributed by atoms with Gasteiger partial charge in [-0.05, 0) is 75.0 Å². The van der Waals surface area contributed by atoms with Crippen molar-refractivity contribution in [1.29, 1.82) is 0 Å². The number of carbonyl (C=O) groups is 1. The van der Waals surface area contributed by atoms with Gasteiger partial charge in [0.1, 0.15) is 0 Å². The van der Waals surface area contributed by atoms with Crippen molar-refractivity contribution < 1.29 is 4.79 Å². The Kier molecular flexibility index (Phi) is 5.44. The fraction of sp³-hybridized carbons (Fsp3) is 0.667. The first kappa shape index (κ1) is 19.9. The van der Waals surface area contributed by atoms with E-state index in [1.807, 2.05) is 10.6 Å². The molecule has 3 aliphatic rings. The maximum atomic E-state index is 12.6. The Bertz CT molecular complexity index is 969. The summed E-state index contributed by atoms with van der Waals surface area (Å²) < 4.78 is 1.89. The molecule has 6 heteroatoms. The maximum absolute atomic E-state index is 12.6. The molecule has 3 aliphatic carbocycles. The van der Waals surface area contributed by atoms with Crippen LogP contribution in [0.2, 0.25) is 0 Å². The van der Waals surface area contributed by atoms with Crippen LogP contribution in [0.1, 0.15) is 87.0 Å². The molecule has 3 unspecified atom stereocenters. The summed E-state index contributed by atoms with van der Waals surface area (Å²) in [4.78, 5) is 27.0. The van der Waals surface area contributed by atoms with E-state index in [-0.39, 0.29) is 11.7 Å². The van der Waals surface area contributed by atoms with E-state index >= 15 is 0 Å². The topological polar surface area (TPSA) is 92.9 Å². The van der Waals surface area contributed by atoms with Crippen LogP contribution < -0.4 is 16.7 Å². The first-order valence-corrected chi connectivity index (χ1v) is 11.9. The predicted octanol–water partition coefficient (Wildman–Crippen LogP) is 3.86. The summed E-state index contributed by atoms with van der Waals surface area (Å²) in [7, 11) is 0. The van der Waals surface area contributed by atoms with E-state index in [2.05, 4.69) is 10.3 Å². The molecule has 5 rings (SSSR count). The molecule has 0 spiro atoms. The highest BCUT2D eigenvalue weighted by Crippen LogP contribution is 2.41. The van der Waals surface area contributed by atoms with Crippen molar-refractivity contribution >= 4 is 16.9 Å². The lowest BCUT2D eigenvalue weighted by Gasteiger charge is -2.41. The molecule has 0 aliphatic heterocycles. The number of primary amides is 1. The number of nitrogens with two attached hydrogens (primary N) is 1. The number of nitrogens with zero attached hydrogens (tertiary/aromatic N) is 1. The van der Waals surface area contributed by atoms with Crippen molar-refractivity contribution in [3.8, 4) is 0 Å². The van der Waals surface area contributed by atoms with Crippen molar-refractivity contribution in [2.75, 3.05) is 0 Å². The molecule has 1 heterocycles. The number of aromatic nitrogens is 2. The number of amides is 1. The lowest BCUT2D eigenvalue weighted by Crippen LogP contribution is -2.45. The Morgan fingerprint density at radius 1 is 0.967 bits per heavy atom. The largest absolute Gasteiger partial charge is 0.366 e. The second-order valence-corrected chi connectivity index (χ2v) is 9.88. The van der Waals surface area contributed by atoms with Gasteiger partial charge in [0.2, 0.25) is 5.91 Å². The highest BCUT2D eigenvalue weighted by atomic mass is 16.1. The van der Waals surface area contributed by atoms with Gasteiger partial charge in [0.25, 0.3) is 0 Å². The molecular formula is C24H34N4O2.